The fraction of sp³-hybridized carbons (Fsp3) is 0.393. The predicted octanol–water partition coefficient (Wildman–Crippen LogP) is 7.35. The molecule has 2 aromatic heterocycles. The summed E-state index contributed by atoms with van der Waals surface area (Å²) in [7, 11) is 0. The normalized spacial score (nSPS) is 17.8. The number of ether oxygens (including phenoxy) is 2. The summed E-state index contributed by atoms with van der Waals surface area (Å²) in [4.78, 5) is 13.4. The van der Waals surface area contributed by atoms with Crippen LogP contribution >= 0.6 is 46.0 Å². The van der Waals surface area contributed by atoms with E-state index in [9.17, 15) is 4.79 Å². The molecule has 0 unspecified atom stereocenters. The number of rotatable bonds is 12. The largest absolute Gasteiger partial charge is 0.459 e. The second kappa shape index (κ2) is 12.8. The van der Waals surface area contributed by atoms with E-state index in [0.29, 0.717) is 24.0 Å². The highest BCUT2D eigenvalue weighted by Gasteiger charge is 2.30. The molecule has 2 heterocycles. The zero-order valence-corrected chi connectivity index (χ0v) is 23.7. The summed E-state index contributed by atoms with van der Waals surface area (Å²) < 4.78 is 12.3. The van der Waals surface area contributed by atoms with E-state index >= 15 is 0 Å². The van der Waals surface area contributed by atoms with Crippen molar-refractivity contribution in [1.82, 2.24) is 0 Å². The third kappa shape index (κ3) is 6.82. The molecule has 0 saturated heterocycles. The Labute approximate surface area is 230 Å². The van der Waals surface area contributed by atoms with Gasteiger partial charge in [-0.05, 0) is 47.0 Å². The number of thiophene rings is 2. The van der Waals surface area contributed by atoms with Gasteiger partial charge in [-0.15, -0.1) is 34.4 Å². The molecule has 0 bridgehead atoms. The van der Waals surface area contributed by atoms with Crippen LogP contribution in [0.3, 0.4) is 0 Å². The quantitative estimate of drug-likeness (QED) is 0.185. The number of thioether (sulfide) groups is 1. The molecule has 0 amide bonds. The van der Waals surface area contributed by atoms with Gasteiger partial charge in [-0.1, -0.05) is 61.9 Å². The Kier molecular flexibility index (Phi) is 9.72. The van der Waals surface area contributed by atoms with Gasteiger partial charge >= 0.3 is 5.97 Å². The highest BCUT2D eigenvalue weighted by Crippen LogP contribution is 2.42. The molecular formula is C28H31ClO4S3. The minimum Gasteiger partial charge on any atom is -0.459 e. The Hall–Kier alpha value is -1.61. The molecule has 2 atom stereocenters. The molecule has 36 heavy (non-hydrogen) atoms. The standard InChI is InChI=1S/C28H31ClO4S3/c1-28(2,20-6-4-3-5-7-20)21-14-26(34-17-21)35-18-23-19(8-10-24(23)29)15-32-16-22-9-11-25(36-22)27(31)33-13-12-30/h3-7,9-11,14,17,19,23,30H,8,12-13,15-16,18H2,1-2H3/t19-,23-/m1/s1. The number of hydrogen-bond donors (Lipinski definition) is 1. The van der Waals surface area contributed by atoms with Gasteiger partial charge in [-0.25, -0.2) is 4.79 Å². The zero-order chi connectivity index (χ0) is 25.5. The molecule has 4 rings (SSSR count). The van der Waals surface area contributed by atoms with E-state index in [1.807, 2.05) is 17.8 Å². The van der Waals surface area contributed by atoms with Crippen molar-refractivity contribution in [3.05, 3.63) is 85.9 Å². The van der Waals surface area contributed by atoms with Crippen LogP contribution in [0.2, 0.25) is 0 Å². The second-order valence-corrected chi connectivity index (χ2v) is 13.1. The average Bonchev–Trinajstić information content (AvgIpc) is 3.63. The maximum atomic E-state index is 11.9. The lowest BCUT2D eigenvalue weighted by Gasteiger charge is -2.24. The number of esters is 1. The van der Waals surface area contributed by atoms with Gasteiger partial charge in [0.15, 0.2) is 0 Å². The van der Waals surface area contributed by atoms with Crippen LogP contribution < -0.4 is 0 Å². The number of aliphatic hydroxyl groups excluding tert-OH is 1. The second-order valence-electron chi connectivity index (χ2n) is 9.29. The lowest BCUT2D eigenvalue weighted by molar-refractivity contribution is 0.0439. The van der Waals surface area contributed by atoms with Crippen LogP contribution in [0.15, 0.2) is 69.2 Å². The number of carbonyl (C=O) groups excluding carboxylic acids is 1. The molecule has 1 aliphatic rings. The Morgan fingerprint density at radius 3 is 2.78 bits per heavy atom. The topological polar surface area (TPSA) is 55.8 Å². The lowest BCUT2D eigenvalue weighted by atomic mass is 9.80. The summed E-state index contributed by atoms with van der Waals surface area (Å²) in [6.07, 6.45) is 3.05. The molecule has 3 aromatic rings. The van der Waals surface area contributed by atoms with E-state index < -0.39 is 5.97 Å². The van der Waals surface area contributed by atoms with Crippen LogP contribution in [0, 0.1) is 11.8 Å². The Balaban J connectivity index is 1.28. The summed E-state index contributed by atoms with van der Waals surface area (Å²) in [6.45, 7) is 5.46. The van der Waals surface area contributed by atoms with Gasteiger partial charge in [0, 0.05) is 27.0 Å². The van der Waals surface area contributed by atoms with Crippen LogP contribution in [-0.4, -0.2) is 36.6 Å². The van der Waals surface area contributed by atoms with Crippen molar-refractivity contribution in [2.24, 2.45) is 11.8 Å². The molecule has 0 spiro atoms. The van der Waals surface area contributed by atoms with Gasteiger partial charge in [0.05, 0.1) is 24.0 Å². The van der Waals surface area contributed by atoms with Crippen LogP contribution in [0.1, 0.15) is 45.9 Å². The first-order valence-corrected chi connectivity index (χ1v) is 15.0. The average molecular weight is 563 g/mol. The van der Waals surface area contributed by atoms with Crippen molar-refractivity contribution in [3.63, 3.8) is 0 Å². The molecule has 192 valence electrons. The summed E-state index contributed by atoms with van der Waals surface area (Å²) in [6, 6.07) is 16.6. The van der Waals surface area contributed by atoms with Crippen LogP contribution in [0.4, 0.5) is 0 Å². The van der Waals surface area contributed by atoms with E-state index in [-0.39, 0.29) is 24.5 Å². The molecule has 0 radical (unpaired) electrons. The van der Waals surface area contributed by atoms with Crippen LogP contribution in [0.5, 0.6) is 0 Å². The molecule has 1 N–H and O–H groups in total. The van der Waals surface area contributed by atoms with Crippen molar-refractivity contribution in [2.45, 2.75) is 36.5 Å². The third-order valence-corrected chi connectivity index (χ3v) is 10.3. The molecular weight excluding hydrogens is 532 g/mol. The number of benzene rings is 1. The number of aliphatic hydroxyl groups is 1. The first-order chi connectivity index (χ1) is 17.4. The van der Waals surface area contributed by atoms with Crippen molar-refractivity contribution in [1.29, 1.82) is 0 Å². The fourth-order valence-corrected chi connectivity index (χ4v) is 7.91. The van der Waals surface area contributed by atoms with Crippen molar-refractivity contribution in [2.75, 3.05) is 25.6 Å². The minimum atomic E-state index is -0.409. The maximum absolute atomic E-state index is 11.9. The number of allylic oxidation sites excluding steroid dienone is 2. The first kappa shape index (κ1) is 27.4. The number of halogens is 1. The van der Waals surface area contributed by atoms with Crippen molar-refractivity contribution in [3.8, 4) is 0 Å². The summed E-state index contributed by atoms with van der Waals surface area (Å²) in [5.41, 5.74) is 2.62. The Morgan fingerprint density at radius 1 is 1.19 bits per heavy atom. The molecule has 8 heteroatoms. The summed E-state index contributed by atoms with van der Waals surface area (Å²) >= 11 is 11.6. The summed E-state index contributed by atoms with van der Waals surface area (Å²) in [5, 5.41) is 12.0. The maximum Gasteiger partial charge on any atom is 0.348 e. The van der Waals surface area contributed by atoms with Crippen molar-refractivity contribution < 1.29 is 19.4 Å². The zero-order valence-electron chi connectivity index (χ0n) is 20.4. The molecule has 0 fully saturated rings. The minimum absolute atomic E-state index is 0.00891. The number of hydrogen-bond acceptors (Lipinski definition) is 7. The van der Waals surface area contributed by atoms with Crippen LogP contribution in [-0.2, 0) is 21.5 Å². The fourth-order valence-electron chi connectivity index (χ4n) is 4.20. The SMILES string of the molecule is CC(C)(c1ccccc1)c1csc(SC[C@H]2C(Cl)=CC[C@@H]2COCc2ccc(C(=O)OCCO)s2)c1. The van der Waals surface area contributed by atoms with Gasteiger partial charge in [-0.3, -0.25) is 0 Å². The highest BCUT2D eigenvalue weighted by molar-refractivity contribution is 8.01. The van der Waals surface area contributed by atoms with Gasteiger partial charge in [-0.2, -0.15) is 0 Å². The smallest absolute Gasteiger partial charge is 0.348 e. The van der Waals surface area contributed by atoms with Gasteiger partial charge in [0.1, 0.15) is 11.5 Å². The molecule has 1 aromatic carbocycles. The summed E-state index contributed by atoms with van der Waals surface area (Å²) in [5.74, 6) is 1.14. The Bertz CT molecular complexity index is 1170. The van der Waals surface area contributed by atoms with E-state index in [4.69, 9.17) is 26.2 Å². The predicted molar refractivity (Wildman–Crippen MR) is 150 cm³/mol. The van der Waals surface area contributed by atoms with E-state index in [1.165, 1.54) is 26.7 Å². The van der Waals surface area contributed by atoms with E-state index in [0.717, 1.165) is 22.1 Å². The molecule has 1 aliphatic carbocycles. The van der Waals surface area contributed by atoms with E-state index in [1.54, 1.807) is 17.4 Å². The van der Waals surface area contributed by atoms with Crippen LogP contribution in [0.25, 0.3) is 0 Å². The van der Waals surface area contributed by atoms with Gasteiger partial charge in [0.2, 0.25) is 0 Å². The van der Waals surface area contributed by atoms with E-state index in [2.05, 4.69) is 61.7 Å². The monoisotopic (exact) mass is 562 g/mol. The number of carbonyl (C=O) groups is 1. The lowest BCUT2D eigenvalue weighted by Crippen LogP contribution is -2.18. The van der Waals surface area contributed by atoms with Gasteiger partial charge in [0.25, 0.3) is 0 Å². The molecule has 0 aliphatic heterocycles. The molecule has 4 nitrogen and oxygen atoms in total. The van der Waals surface area contributed by atoms with Crippen molar-refractivity contribution >= 4 is 52.0 Å². The Morgan fingerprint density at radius 2 is 2.00 bits per heavy atom. The first-order valence-electron chi connectivity index (χ1n) is 12.0. The highest BCUT2D eigenvalue weighted by atomic mass is 35.5. The van der Waals surface area contributed by atoms with Gasteiger partial charge < -0.3 is 14.6 Å². The molecule has 0 saturated carbocycles. The third-order valence-electron chi connectivity index (χ3n) is 6.50.